The molecule has 0 aliphatic rings. The zero-order valence-electron chi connectivity index (χ0n) is 48.4. The summed E-state index contributed by atoms with van der Waals surface area (Å²) in [6.45, 7) is 11.6. The van der Waals surface area contributed by atoms with Gasteiger partial charge in [0, 0.05) is 10.8 Å². The highest BCUT2D eigenvalue weighted by Gasteiger charge is 2.95. The second-order valence-corrected chi connectivity index (χ2v) is 23.3. The molecule has 2 aromatic carbocycles. The first-order chi connectivity index (χ1) is 39.0. The van der Waals surface area contributed by atoms with Gasteiger partial charge in [0.2, 0.25) is 0 Å². The third kappa shape index (κ3) is 19.1. The summed E-state index contributed by atoms with van der Waals surface area (Å²) < 4.78 is 383. The average molecular weight is 1380 g/mol. The molecule has 13 nitrogen and oxygen atoms in total. The van der Waals surface area contributed by atoms with Gasteiger partial charge in [0.15, 0.2) is 11.4 Å². The maximum Gasteiger partial charge on any atom is 0.460 e. The Labute approximate surface area is 490 Å². The number of aromatic hydroxyl groups is 1. The van der Waals surface area contributed by atoms with Gasteiger partial charge in [0.1, 0.15) is 23.3 Å². The zero-order chi connectivity index (χ0) is 71.8. The topological polar surface area (TPSA) is 186 Å². The zero-order valence-corrected chi connectivity index (χ0v) is 49.2. The van der Waals surface area contributed by atoms with Crippen LogP contribution in [0.15, 0.2) is 40.4 Å². The number of ether oxygens (including phenoxy) is 3. The monoisotopic (exact) mass is 1380 g/mol. The lowest BCUT2D eigenvalue weighted by Crippen LogP contribution is -2.74. The summed E-state index contributed by atoms with van der Waals surface area (Å²) in [6, 6.07) is 6.59. The number of rotatable bonds is 25. The summed E-state index contributed by atoms with van der Waals surface area (Å²) in [5.74, 6) is -79.1. The number of phenolic OH excluding ortho intramolecular Hbond substituents is 1. The molecular formula is C49H60F26N2O11S. The lowest BCUT2D eigenvalue weighted by molar-refractivity contribution is -0.870. The van der Waals surface area contributed by atoms with Gasteiger partial charge >= 0.3 is 89.5 Å². The van der Waals surface area contributed by atoms with E-state index in [0.717, 1.165) is 37.4 Å². The van der Waals surface area contributed by atoms with E-state index < -0.39 is 147 Å². The summed E-state index contributed by atoms with van der Waals surface area (Å²) in [7, 11) is 1.51. The first-order valence-corrected chi connectivity index (χ1v) is 26.2. The van der Waals surface area contributed by atoms with Crippen LogP contribution >= 0.6 is 0 Å². The van der Waals surface area contributed by atoms with Crippen LogP contribution in [0.3, 0.4) is 0 Å². The van der Waals surface area contributed by atoms with E-state index in [1.54, 1.807) is 0 Å². The highest BCUT2D eigenvalue weighted by atomic mass is 32.2. The van der Waals surface area contributed by atoms with Crippen LogP contribution in [0.25, 0.3) is 10.8 Å². The van der Waals surface area contributed by atoms with Gasteiger partial charge < -0.3 is 28.4 Å². The second-order valence-electron chi connectivity index (χ2n) is 22.0. The fourth-order valence-electron chi connectivity index (χ4n) is 5.48. The van der Waals surface area contributed by atoms with Gasteiger partial charge in [0.05, 0.1) is 68.3 Å². The third-order valence-corrected chi connectivity index (χ3v) is 13.8. The minimum atomic E-state index is -8.67. The number of benzene rings is 2. The fraction of sp³-hybridized carbons (Fsp3) is 0.735. The van der Waals surface area contributed by atoms with Crippen LogP contribution in [-0.4, -0.2) is 160 Å². The van der Waals surface area contributed by atoms with E-state index in [9.17, 15) is 152 Å². The summed E-state index contributed by atoms with van der Waals surface area (Å²) in [5.41, 5.74) is -3.43. The van der Waals surface area contributed by atoms with Crippen LogP contribution in [0.4, 0.5) is 120 Å². The quantitative estimate of drug-likeness (QED) is 0.0249. The standard InChI is InChI=1S/C16H15F17O2.C12H15F9O2.C11H24NO2.C10H7NO5S/c1-4-8(2,3)7(34)35-6-5-9(17,18)10(19,20)11(21,22)12(23,24)13(25,26)14(27,28)15(29,30)16(31,32)33;1-4-8(2,3)7(22)23-6-5-9(13,14)10(15,16)11(17,18)12(19,20)21;1-7-11(2,3)10(13)14-9-8-12(4,5)6;12-10-7-4-2-1-3-6(7)9(17(14,15)16)5-8(10)11-13/h4-6H2,1-3H3;4-6H2,1-3H3;7-9H2,1-6H3;1-5,12H,(H,14,15,16)/q;;+1;/p-1. The number of esters is 3. The average Bonchev–Trinajstić information content (AvgIpc) is 1.11. The smallest absolute Gasteiger partial charge is 0.460 e. The van der Waals surface area contributed by atoms with Crippen molar-refractivity contribution in [2.24, 2.45) is 21.4 Å². The molecule has 0 bridgehead atoms. The fourth-order valence-corrected chi connectivity index (χ4v) is 6.19. The van der Waals surface area contributed by atoms with Crippen molar-refractivity contribution in [3.63, 3.8) is 0 Å². The van der Waals surface area contributed by atoms with E-state index in [4.69, 9.17) is 4.74 Å². The number of alkyl halides is 26. The lowest BCUT2D eigenvalue weighted by Gasteiger charge is -2.42. The molecule has 0 atom stereocenters. The molecule has 0 aromatic heterocycles. The van der Waals surface area contributed by atoms with Crippen molar-refractivity contribution in [1.82, 2.24) is 0 Å². The molecule has 0 saturated heterocycles. The number of nitroso groups, excluding NO2 is 1. The van der Waals surface area contributed by atoms with Gasteiger partial charge in [-0.15, -0.1) is 4.91 Å². The van der Waals surface area contributed by atoms with Gasteiger partial charge in [-0.1, -0.05) is 45.0 Å². The predicted molar refractivity (Wildman–Crippen MR) is 258 cm³/mol. The number of hydrogen-bond acceptors (Lipinski definition) is 12. The summed E-state index contributed by atoms with van der Waals surface area (Å²) in [6.07, 6.45) is -18.7. The minimum absolute atomic E-state index is 0.0610. The number of hydrogen-bond donors (Lipinski definition) is 1. The molecule has 0 spiro atoms. The normalized spacial score (nSPS) is 14.3. The molecule has 89 heavy (non-hydrogen) atoms. The summed E-state index contributed by atoms with van der Waals surface area (Å²) >= 11 is 0. The number of fused-ring (bicyclic) bond motifs is 1. The highest BCUT2D eigenvalue weighted by Crippen LogP contribution is 2.64. The number of phenols is 1. The van der Waals surface area contributed by atoms with Crippen molar-refractivity contribution >= 4 is 44.5 Å². The Balaban J connectivity index is 0. The number of carbonyl (C=O) groups is 3. The molecule has 0 radical (unpaired) electrons. The Morgan fingerprint density at radius 3 is 1.03 bits per heavy atom. The van der Waals surface area contributed by atoms with Crippen LogP contribution in [0.1, 0.15) is 94.4 Å². The van der Waals surface area contributed by atoms with Crippen molar-refractivity contribution in [2.45, 2.75) is 171 Å². The molecule has 0 fully saturated rings. The van der Waals surface area contributed by atoms with E-state index in [0.29, 0.717) is 6.61 Å². The molecule has 2 rings (SSSR count). The van der Waals surface area contributed by atoms with E-state index in [1.807, 2.05) is 20.8 Å². The van der Waals surface area contributed by atoms with Crippen molar-refractivity contribution in [1.29, 1.82) is 0 Å². The second kappa shape index (κ2) is 28.6. The van der Waals surface area contributed by atoms with Crippen LogP contribution in [0.5, 0.6) is 5.75 Å². The van der Waals surface area contributed by atoms with Crippen molar-refractivity contribution in [3.8, 4) is 5.75 Å². The molecule has 0 amide bonds. The number of nitrogens with zero attached hydrogens (tertiary/aromatic N) is 2. The van der Waals surface area contributed by atoms with Gasteiger partial charge in [-0.25, -0.2) is 8.42 Å². The number of quaternary nitrogens is 1. The number of likely N-dealkylation sites (N-methyl/N-ethyl adjacent to an activating group) is 1. The van der Waals surface area contributed by atoms with Gasteiger partial charge in [-0.2, -0.15) is 114 Å². The molecule has 40 heteroatoms. The highest BCUT2D eigenvalue weighted by molar-refractivity contribution is 7.86. The number of carbonyl (C=O) groups excluding carboxylic acids is 3. The minimum Gasteiger partial charge on any atom is -0.744 e. The molecule has 1 N–H and O–H groups in total. The first-order valence-electron chi connectivity index (χ1n) is 24.8. The third-order valence-electron chi connectivity index (χ3n) is 12.9. The molecule has 0 aliphatic heterocycles. The first kappa shape index (κ1) is 85.6. The van der Waals surface area contributed by atoms with E-state index >= 15 is 0 Å². The van der Waals surface area contributed by atoms with Crippen LogP contribution < -0.4 is 0 Å². The predicted octanol–water partition coefficient (Wildman–Crippen LogP) is 15.7. The van der Waals surface area contributed by atoms with Crippen molar-refractivity contribution < 1.29 is 165 Å². The summed E-state index contributed by atoms with van der Waals surface area (Å²) in [5, 5.41) is 12.3. The van der Waals surface area contributed by atoms with E-state index in [1.165, 1.54) is 52.0 Å². The maximum absolute atomic E-state index is 13.6. The van der Waals surface area contributed by atoms with Gasteiger partial charge in [-0.05, 0) is 72.0 Å². The molecule has 2 aromatic rings. The number of halogens is 26. The Kier molecular flexibility index (Phi) is 27.5. The Hall–Kier alpha value is -5.44. The van der Waals surface area contributed by atoms with Crippen LogP contribution in [0.2, 0.25) is 0 Å². The molecule has 520 valence electrons. The molecule has 0 aliphatic carbocycles. The molecular weight excluding hydrogens is 1320 g/mol. The van der Waals surface area contributed by atoms with Crippen LogP contribution in [-0.2, 0) is 38.7 Å². The van der Waals surface area contributed by atoms with E-state index in [-0.39, 0.29) is 35.0 Å². The molecule has 0 heterocycles. The van der Waals surface area contributed by atoms with Gasteiger partial charge in [-0.3, -0.25) is 14.4 Å². The largest absolute Gasteiger partial charge is 0.744 e. The van der Waals surface area contributed by atoms with Crippen LogP contribution in [0, 0.1) is 21.2 Å². The van der Waals surface area contributed by atoms with E-state index in [2.05, 4.69) is 35.8 Å². The Morgan fingerprint density at radius 1 is 0.483 bits per heavy atom. The van der Waals surface area contributed by atoms with Crippen molar-refractivity contribution in [3.05, 3.63) is 35.2 Å². The lowest BCUT2D eigenvalue weighted by atomic mass is 9.88. The maximum atomic E-state index is 13.6. The molecule has 0 saturated carbocycles. The Morgan fingerprint density at radius 2 is 0.753 bits per heavy atom. The Bertz CT molecular complexity index is 2830. The van der Waals surface area contributed by atoms with Gasteiger partial charge in [0.25, 0.3) is 0 Å². The SMILES string of the molecule is CCC(C)(C)C(=O)OCCC(F)(F)C(F)(F)C(F)(F)C(F)(F)C(F)(F)C(F)(F)C(F)(F)C(F)(F)F.CCC(C)(C)C(=O)OCCC(F)(F)C(F)(F)C(F)(F)C(F)(F)F.CCC(C)(C)C(=O)OCC[N+](C)(C)C.O=Nc1cc(S(=O)(=O)[O-])c2ccccc2c1O. The summed E-state index contributed by atoms with van der Waals surface area (Å²) in [4.78, 5) is 44.4. The van der Waals surface area contributed by atoms with Crippen molar-refractivity contribution in [2.75, 3.05) is 47.5 Å². The molecule has 0 unspecified atom stereocenters.